The maximum absolute atomic E-state index is 14.1. The Balaban J connectivity index is 2.61. The molecular formula is C14H11Cl2F2N3O3S. The number of carbonyl (C=O) groups excluding carboxylic acids is 1. The molecule has 0 saturated carbocycles. The maximum atomic E-state index is 14.1. The topological polar surface area (TPSA) is 92.5 Å². The van der Waals surface area contributed by atoms with Crippen LogP contribution in [0.3, 0.4) is 0 Å². The average Bonchev–Trinajstić information content (AvgIpc) is 2.55. The van der Waals surface area contributed by atoms with Crippen LogP contribution in [0.2, 0.25) is 10.0 Å². The minimum absolute atomic E-state index is 0.0504. The number of nitrogens with two attached hydrogens (primary N) is 1. The minimum Gasteiger partial charge on any atom is -0.293 e. The first kappa shape index (κ1) is 19.4. The Labute approximate surface area is 152 Å². The predicted molar refractivity (Wildman–Crippen MR) is 89.7 cm³/mol. The SMILES string of the molecule is NNC(=O)CN(c1ccc(F)cc1F)S(=O)(=O)c1ccc(Cl)c(Cl)c1. The zero-order chi connectivity index (χ0) is 18.8. The summed E-state index contributed by atoms with van der Waals surface area (Å²) >= 11 is 11.6. The van der Waals surface area contributed by atoms with Crippen molar-refractivity contribution in [1.82, 2.24) is 5.43 Å². The molecule has 0 atom stereocenters. The Kier molecular flexibility index (Phi) is 5.83. The minimum atomic E-state index is -4.42. The lowest BCUT2D eigenvalue weighted by atomic mass is 10.3. The lowest BCUT2D eigenvalue weighted by molar-refractivity contribution is -0.119. The van der Waals surface area contributed by atoms with Crippen molar-refractivity contribution < 1.29 is 22.0 Å². The van der Waals surface area contributed by atoms with Crippen molar-refractivity contribution in [2.24, 2.45) is 5.84 Å². The standard InChI is InChI=1S/C14H11Cl2F2N3O3S/c15-10-3-2-9(6-11(10)16)25(23,24)21(7-14(22)20-19)13-4-1-8(17)5-12(13)18/h1-6H,7,19H2,(H,20,22). The second kappa shape index (κ2) is 7.52. The molecule has 0 unspecified atom stereocenters. The number of rotatable bonds is 5. The second-order valence-electron chi connectivity index (χ2n) is 4.75. The Morgan fingerprint density at radius 2 is 1.80 bits per heavy atom. The van der Waals surface area contributed by atoms with Gasteiger partial charge in [0.05, 0.1) is 20.6 Å². The number of amides is 1. The monoisotopic (exact) mass is 409 g/mol. The third-order valence-corrected chi connectivity index (χ3v) is 5.60. The van der Waals surface area contributed by atoms with Crippen LogP contribution in [0.4, 0.5) is 14.5 Å². The number of hydrogen-bond acceptors (Lipinski definition) is 4. The number of sulfonamides is 1. The summed E-state index contributed by atoms with van der Waals surface area (Å²) in [7, 11) is -4.42. The molecule has 0 saturated heterocycles. The van der Waals surface area contributed by atoms with E-state index in [0.717, 1.165) is 24.3 Å². The van der Waals surface area contributed by atoms with Gasteiger partial charge in [-0.25, -0.2) is 23.0 Å². The summed E-state index contributed by atoms with van der Waals surface area (Å²) in [5.74, 6) is 1.98. The van der Waals surface area contributed by atoms with Crippen molar-refractivity contribution in [2.75, 3.05) is 10.8 Å². The largest absolute Gasteiger partial charge is 0.293 e. The van der Waals surface area contributed by atoms with Crippen molar-refractivity contribution >= 4 is 44.8 Å². The summed E-state index contributed by atoms with van der Waals surface area (Å²) in [6, 6.07) is 5.66. The molecule has 0 spiro atoms. The Bertz CT molecular complexity index is 926. The van der Waals surface area contributed by atoms with Crippen LogP contribution in [0.25, 0.3) is 0 Å². The number of nitrogens with zero attached hydrogens (tertiary/aromatic N) is 1. The van der Waals surface area contributed by atoms with Gasteiger partial charge < -0.3 is 0 Å². The molecule has 11 heteroatoms. The van der Waals surface area contributed by atoms with E-state index in [1.807, 2.05) is 0 Å². The van der Waals surface area contributed by atoms with Gasteiger partial charge in [0.25, 0.3) is 15.9 Å². The maximum Gasteiger partial charge on any atom is 0.264 e. The zero-order valence-electron chi connectivity index (χ0n) is 12.3. The van der Waals surface area contributed by atoms with Crippen molar-refractivity contribution in [3.63, 3.8) is 0 Å². The number of hydrogen-bond donors (Lipinski definition) is 2. The summed E-state index contributed by atoms with van der Waals surface area (Å²) in [5, 5.41) is 0.0605. The smallest absolute Gasteiger partial charge is 0.264 e. The molecule has 0 aromatic heterocycles. The molecule has 3 N–H and O–H groups in total. The summed E-state index contributed by atoms with van der Waals surface area (Å²) in [5.41, 5.74) is 1.22. The molecule has 0 heterocycles. The van der Waals surface area contributed by atoms with E-state index in [2.05, 4.69) is 0 Å². The predicted octanol–water partition coefficient (Wildman–Crippen LogP) is 2.46. The van der Waals surface area contributed by atoms with Crippen LogP contribution >= 0.6 is 23.2 Å². The van der Waals surface area contributed by atoms with Gasteiger partial charge in [-0.3, -0.25) is 14.5 Å². The summed E-state index contributed by atoms with van der Waals surface area (Å²) in [4.78, 5) is 11.2. The van der Waals surface area contributed by atoms with Crippen molar-refractivity contribution in [2.45, 2.75) is 4.90 Å². The highest BCUT2D eigenvalue weighted by Gasteiger charge is 2.29. The molecule has 2 aromatic rings. The summed E-state index contributed by atoms with van der Waals surface area (Å²) in [6.07, 6.45) is 0. The first-order valence-electron chi connectivity index (χ1n) is 6.59. The van der Waals surface area contributed by atoms with E-state index >= 15 is 0 Å². The molecule has 1 amide bonds. The lowest BCUT2D eigenvalue weighted by Crippen LogP contribution is -2.43. The van der Waals surface area contributed by atoms with Gasteiger partial charge in [-0.2, -0.15) is 0 Å². The van der Waals surface area contributed by atoms with Crippen LogP contribution in [-0.2, 0) is 14.8 Å². The van der Waals surface area contributed by atoms with Crippen LogP contribution < -0.4 is 15.6 Å². The highest BCUT2D eigenvalue weighted by atomic mass is 35.5. The molecule has 0 radical (unpaired) electrons. The fourth-order valence-corrected chi connectivity index (χ4v) is 3.74. The van der Waals surface area contributed by atoms with E-state index < -0.39 is 39.8 Å². The highest BCUT2D eigenvalue weighted by molar-refractivity contribution is 7.92. The normalized spacial score (nSPS) is 11.2. The third kappa shape index (κ3) is 4.18. The number of carbonyl (C=O) groups is 1. The van der Waals surface area contributed by atoms with Crippen LogP contribution in [0, 0.1) is 11.6 Å². The lowest BCUT2D eigenvalue weighted by Gasteiger charge is -2.24. The second-order valence-corrected chi connectivity index (χ2v) is 7.43. The van der Waals surface area contributed by atoms with E-state index in [1.54, 1.807) is 5.43 Å². The van der Waals surface area contributed by atoms with Gasteiger partial charge in [0.15, 0.2) is 0 Å². The van der Waals surface area contributed by atoms with Gasteiger partial charge in [0, 0.05) is 6.07 Å². The molecule has 0 aliphatic heterocycles. The Morgan fingerprint density at radius 3 is 2.36 bits per heavy atom. The molecular weight excluding hydrogens is 399 g/mol. The number of halogens is 4. The van der Waals surface area contributed by atoms with Crippen LogP contribution in [0.15, 0.2) is 41.3 Å². The first-order valence-corrected chi connectivity index (χ1v) is 8.78. The average molecular weight is 410 g/mol. The van der Waals surface area contributed by atoms with E-state index in [4.69, 9.17) is 29.0 Å². The molecule has 2 rings (SSSR count). The van der Waals surface area contributed by atoms with Crippen molar-refractivity contribution in [3.8, 4) is 0 Å². The van der Waals surface area contributed by atoms with Crippen LogP contribution in [0.1, 0.15) is 0 Å². The van der Waals surface area contributed by atoms with E-state index in [9.17, 15) is 22.0 Å². The summed E-state index contributed by atoms with van der Waals surface area (Å²) in [6.45, 7) is -0.832. The van der Waals surface area contributed by atoms with Gasteiger partial charge >= 0.3 is 0 Å². The van der Waals surface area contributed by atoms with Crippen molar-refractivity contribution in [3.05, 3.63) is 58.1 Å². The van der Waals surface area contributed by atoms with Gasteiger partial charge in [-0.15, -0.1) is 0 Å². The number of benzene rings is 2. The third-order valence-electron chi connectivity index (χ3n) is 3.11. The Morgan fingerprint density at radius 1 is 1.12 bits per heavy atom. The highest BCUT2D eigenvalue weighted by Crippen LogP contribution is 2.30. The molecule has 134 valence electrons. The van der Waals surface area contributed by atoms with E-state index in [1.165, 1.54) is 6.07 Å². The molecule has 0 bridgehead atoms. The molecule has 6 nitrogen and oxygen atoms in total. The van der Waals surface area contributed by atoms with Crippen LogP contribution in [-0.4, -0.2) is 20.9 Å². The number of nitrogens with one attached hydrogen (secondary N) is 1. The van der Waals surface area contributed by atoms with Crippen molar-refractivity contribution in [1.29, 1.82) is 0 Å². The van der Waals surface area contributed by atoms with E-state index in [-0.39, 0.29) is 14.9 Å². The number of anilines is 1. The van der Waals surface area contributed by atoms with Crippen LogP contribution in [0.5, 0.6) is 0 Å². The van der Waals surface area contributed by atoms with Gasteiger partial charge in [0.1, 0.15) is 18.2 Å². The zero-order valence-corrected chi connectivity index (χ0v) is 14.7. The molecule has 0 fully saturated rings. The van der Waals surface area contributed by atoms with Gasteiger partial charge in [-0.1, -0.05) is 23.2 Å². The van der Waals surface area contributed by atoms with E-state index in [0.29, 0.717) is 10.4 Å². The van der Waals surface area contributed by atoms with Gasteiger partial charge in [-0.05, 0) is 30.3 Å². The quantitative estimate of drug-likeness (QED) is 0.450. The number of hydrazine groups is 1. The molecule has 0 aliphatic carbocycles. The van der Waals surface area contributed by atoms with Gasteiger partial charge in [0.2, 0.25) is 0 Å². The fraction of sp³-hybridized carbons (Fsp3) is 0.0714. The summed E-state index contributed by atoms with van der Waals surface area (Å²) < 4.78 is 53.3. The molecule has 0 aliphatic rings. The fourth-order valence-electron chi connectivity index (χ4n) is 1.92. The Hall–Kier alpha value is -1.94. The molecule has 25 heavy (non-hydrogen) atoms. The molecule has 2 aromatic carbocycles. The first-order chi connectivity index (χ1) is 11.7.